The van der Waals surface area contributed by atoms with E-state index in [-0.39, 0.29) is 17.7 Å². The molecule has 5 heteroatoms. The minimum absolute atomic E-state index is 0.0183. The summed E-state index contributed by atoms with van der Waals surface area (Å²) in [5.41, 5.74) is 1.58. The van der Waals surface area contributed by atoms with Gasteiger partial charge in [-0.05, 0) is 24.7 Å². The summed E-state index contributed by atoms with van der Waals surface area (Å²) in [4.78, 5) is 23.1. The van der Waals surface area contributed by atoms with Crippen molar-refractivity contribution < 1.29 is 9.59 Å². The molecule has 0 aliphatic rings. The third-order valence-electron chi connectivity index (χ3n) is 2.87. The van der Waals surface area contributed by atoms with E-state index < -0.39 is 0 Å². The van der Waals surface area contributed by atoms with Crippen molar-refractivity contribution in [2.75, 3.05) is 20.6 Å². The highest BCUT2D eigenvalue weighted by Gasteiger charge is 2.11. The van der Waals surface area contributed by atoms with Crippen LogP contribution >= 0.6 is 0 Å². The smallest absolute Gasteiger partial charge is 0.251 e. The monoisotopic (exact) mass is 263 g/mol. The summed E-state index contributed by atoms with van der Waals surface area (Å²) < 4.78 is 0. The van der Waals surface area contributed by atoms with Crippen molar-refractivity contribution in [1.82, 2.24) is 16.0 Å². The van der Waals surface area contributed by atoms with Crippen molar-refractivity contribution in [3.63, 3.8) is 0 Å². The molecule has 0 spiro atoms. The molecule has 3 N–H and O–H groups in total. The summed E-state index contributed by atoms with van der Waals surface area (Å²) in [6, 6.07) is 7.18. The molecule has 0 aromatic heterocycles. The van der Waals surface area contributed by atoms with Crippen LogP contribution in [0.2, 0.25) is 0 Å². The Morgan fingerprint density at radius 2 is 1.79 bits per heavy atom. The van der Waals surface area contributed by atoms with Gasteiger partial charge < -0.3 is 16.0 Å². The molecule has 1 rings (SSSR count). The maximum atomic E-state index is 11.7. The van der Waals surface area contributed by atoms with Gasteiger partial charge in [-0.3, -0.25) is 9.59 Å². The molecule has 19 heavy (non-hydrogen) atoms. The van der Waals surface area contributed by atoms with E-state index in [1.54, 1.807) is 19.2 Å². The Kier molecular flexibility index (Phi) is 6.02. The summed E-state index contributed by atoms with van der Waals surface area (Å²) in [5.74, 6) is -0.155. The van der Waals surface area contributed by atoms with Gasteiger partial charge in [-0.25, -0.2) is 0 Å². The molecule has 104 valence electrons. The van der Waals surface area contributed by atoms with Crippen LogP contribution in [0.25, 0.3) is 0 Å². The molecule has 1 aromatic carbocycles. The minimum Gasteiger partial charge on any atom is -0.355 e. The summed E-state index contributed by atoms with van der Waals surface area (Å²) in [6.07, 6.45) is 0. The first-order valence-corrected chi connectivity index (χ1v) is 6.31. The minimum atomic E-state index is -0.113. The van der Waals surface area contributed by atoms with E-state index in [1.807, 2.05) is 26.1 Å². The average molecular weight is 263 g/mol. The van der Waals surface area contributed by atoms with Gasteiger partial charge in [0.2, 0.25) is 5.91 Å². The maximum absolute atomic E-state index is 11.7. The van der Waals surface area contributed by atoms with Crippen molar-refractivity contribution in [3.05, 3.63) is 35.4 Å². The van der Waals surface area contributed by atoms with Crippen LogP contribution in [0.15, 0.2) is 24.3 Å². The second-order valence-corrected chi connectivity index (χ2v) is 4.45. The highest BCUT2D eigenvalue weighted by atomic mass is 16.2. The highest BCUT2D eigenvalue weighted by molar-refractivity contribution is 5.93. The Morgan fingerprint density at radius 3 is 2.32 bits per heavy atom. The van der Waals surface area contributed by atoms with E-state index in [4.69, 9.17) is 0 Å². The van der Waals surface area contributed by atoms with Crippen molar-refractivity contribution >= 4 is 11.8 Å². The van der Waals surface area contributed by atoms with E-state index in [9.17, 15) is 9.59 Å². The number of carbonyl (C=O) groups is 2. The molecule has 1 aromatic rings. The van der Waals surface area contributed by atoms with Gasteiger partial charge in [0.15, 0.2) is 0 Å². The lowest BCUT2D eigenvalue weighted by molar-refractivity contribution is -0.124. The second-order valence-electron chi connectivity index (χ2n) is 4.45. The maximum Gasteiger partial charge on any atom is 0.251 e. The lowest BCUT2D eigenvalue weighted by Gasteiger charge is -2.11. The van der Waals surface area contributed by atoms with Crippen LogP contribution in [0, 0.1) is 5.92 Å². The van der Waals surface area contributed by atoms with E-state index in [0.29, 0.717) is 18.7 Å². The van der Waals surface area contributed by atoms with Gasteiger partial charge >= 0.3 is 0 Å². The summed E-state index contributed by atoms with van der Waals surface area (Å²) in [7, 11) is 3.42. The van der Waals surface area contributed by atoms with Gasteiger partial charge in [-0.15, -0.1) is 0 Å². The molecule has 0 aliphatic heterocycles. The number of hydrogen-bond acceptors (Lipinski definition) is 3. The Labute approximate surface area is 113 Å². The molecule has 1 atom stereocenters. The van der Waals surface area contributed by atoms with Crippen LogP contribution in [0.1, 0.15) is 22.8 Å². The largest absolute Gasteiger partial charge is 0.355 e. The fourth-order valence-electron chi connectivity index (χ4n) is 1.68. The van der Waals surface area contributed by atoms with Crippen molar-refractivity contribution in [1.29, 1.82) is 0 Å². The quantitative estimate of drug-likeness (QED) is 0.700. The first-order valence-electron chi connectivity index (χ1n) is 6.31. The predicted molar refractivity (Wildman–Crippen MR) is 74.8 cm³/mol. The molecular formula is C14H21N3O2. The van der Waals surface area contributed by atoms with E-state index in [1.165, 1.54) is 0 Å². The number of rotatable bonds is 6. The number of amides is 2. The van der Waals surface area contributed by atoms with Gasteiger partial charge in [-0.2, -0.15) is 0 Å². The molecule has 0 aliphatic carbocycles. The highest BCUT2D eigenvalue weighted by Crippen LogP contribution is 2.04. The molecule has 2 amide bonds. The molecular weight excluding hydrogens is 242 g/mol. The molecule has 0 bridgehead atoms. The zero-order valence-electron chi connectivity index (χ0n) is 11.6. The topological polar surface area (TPSA) is 70.2 Å². The zero-order valence-corrected chi connectivity index (χ0v) is 11.6. The first-order chi connectivity index (χ1) is 9.08. The first kappa shape index (κ1) is 15.2. The Balaban J connectivity index is 2.50. The van der Waals surface area contributed by atoms with Gasteiger partial charge in [-0.1, -0.05) is 19.1 Å². The van der Waals surface area contributed by atoms with Gasteiger partial charge in [0.1, 0.15) is 0 Å². The van der Waals surface area contributed by atoms with Crippen molar-refractivity contribution in [2.45, 2.75) is 13.5 Å². The standard InChI is InChI=1S/C14H21N3O2/c1-10(8-15-2)13(18)17-9-11-4-6-12(7-5-11)14(19)16-3/h4-7,10,15H,8-9H2,1-3H3,(H,16,19)(H,17,18). The van der Waals surface area contributed by atoms with E-state index in [0.717, 1.165) is 5.56 Å². The fraction of sp³-hybridized carbons (Fsp3) is 0.429. The number of carbonyl (C=O) groups excluding carboxylic acids is 2. The normalized spacial score (nSPS) is 11.7. The molecule has 0 fully saturated rings. The molecule has 1 unspecified atom stereocenters. The van der Waals surface area contributed by atoms with Gasteiger partial charge in [0, 0.05) is 31.6 Å². The third-order valence-corrected chi connectivity index (χ3v) is 2.87. The fourth-order valence-corrected chi connectivity index (χ4v) is 1.68. The Morgan fingerprint density at radius 1 is 1.16 bits per heavy atom. The Bertz CT molecular complexity index is 429. The second kappa shape index (κ2) is 7.53. The summed E-state index contributed by atoms with van der Waals surface area (Å²) in [6.45, 7) is 3.00. The van der Waals surface area contributed by atoms with Gasteiger partial charge in [0.25, 0.3) is 5.91 Å². The summed E-state index contributed by atoms with van der Waals surface area (Å²) >= 11 is 0. The lowest BCUT2D eigenvalue weighted by Crippen LogP contribution is -2.33. The molecule has 0 radical (unpaired) electrons. The summed E-state index contributed by atoms with van der Waals surface area (Å²) in [5, 5.41) is 8.40. The van der Waals surface area contributed by atoms with E-state index in [2.05, 4.69) is 16.0 Å². The molecule has 0 heterocycles. The predicted octanol–water partition coefficient (Wildman–Crippen LogP) is 0.518. The number of hydrogen-bond donors (Lipinski definition) is 3. The molecule has 0 saturated carbocycles. The number of benzene rings is 1. The molecule has 5 nitrogen and oxygen atoms in total. The van der Waals surface area contributed by atoms with Crippen LogP contribution in [0.4, 0.5) is 0 Å². The number of nitrogens with one attached hydrogen (secondary N) is 3. The van der Waals surface area contributed by atoms with Crippen LogP contribution < -0.4 is 16.0 Å². The molecule has 0 saturated heterocycles. The SMILES string of the molecule is CNCC(C)C(=O)NCc1ccc(C(=O)NC)cc1. The van der Waals surface area contributed by atoms with Crippen LogP contribution in [0.3, 0.4) is 0 Å². The Hall–Kier alpha value is -1.88. The third kappa shape index (κ3) is 4.71. The van der Waals surface area contributed by atoms with Gasteiger partial charge in [0.05, 0.1) is 0 Å². The zero-order chi connectivity index (χ0) is 14.3. The van der Waals surface area contributed by atoms with Crippen LogP contribution in [-0.4, -0.2) is 32.5 Å². The van der Waals surface area contributed by atoms with Crippen LogP contribution in [0.5, 0.6) is 0 Å². The average Bonchev–Trinajstić information content (AvgIpc) is 2.44. The lowest BCUT2D eigenvalue weighted by atomic mass is 10.1. The van der Waals surface area contributed by atoms with Crippen LogP contribution in [-0.2, 0) is 11.3 Å². The van der Waals surface area contributed by atoms with Crippen molar-refractivity contribution in [2.24, 2.45) is 5.92 Å². The van der Waals surface area contributed by atoms with Crippen molar-refractivity contribution in [3.8, 4) is 0 Å². The van der Waals surface area contributed by atoms with E-state index >= 15 is 0 Å².